The Morgan fingerprint density at radius 1 is 1.14 bits per heavy atom. The maximum atomic E-state index is 12.9. The topological polar surface area (TPSA) is 70.8 Å². The third kappa shape index (κ3) is 2.86. The van der Waals surface area contributed by atoms with Crippen molar-refractivity contribution in [2.75, 3.05) is 7.05 Å². The Morgan fingerprint density at radius 2 is 1.73 bits per heavy atom. The molecule has 0 aliphatic heterocycles. The smallest absolute Gasteiger partial charge is 0.329 e. The van der Waals surface area contributed by atoms with E-state index >= 15 is 0 Å². The van der Waals surface area contributed by atoms with Gasteiger partial charge in [-0.1, -0.05) is 0 Å². The molecule has 22 heavy (non-hydrogen) atoms. The van der Waals surface area contributed by atoms with E-state index in [2.05, 4.69) is 0 Å². The predicted octanol–water partition coefficient (Wildman–Crippen LogP) is 3.02. The van der Waals surface area contributed by atoms with Crippen LogP contribution < -0.4 is 0 Å². The van der Waals surface area contributed by atoms with Crippen LogP contribution in [-0.4, -0.2) is 34.5 Å². The number of likely N-dealkylation sites (N-methyl/N-ethyl adjacent to an activating group) is 1. The van der Waals surface area contributed by atoms with Gasteiger partial charge in [0.05, 0.1) is 0 Å². The molecule has 0 bridgehead atoms. The van der Waals surface area contributed by atoms with E-state index in [1.54, 1.807) is 6.07 Å². The van der Waals surface area contributed by atoms with Crippen molar-refractivity contribution in [1.82, 2.24) is 4.90 Å². The normalized spacial score (nSPS) is 11.3. The number of aliphatic carboxylic acids is 1. The highest BCUT2D eigenvalue weighted by Gasteiger charge is 2.36. The molecule has 0 aliphatic rings. The fourth-order valence-corrected chi connectivity index (χ4v) is 1.78. The van der Waals surface area contributed by atoms with E-state index in [4.69, 9.17) is 9.52 Å². The summed E-state index contributed by atoms with van der Waals surface area (Å²) in [7, 11) is 1.40. The van der Waals surface area contributed by atoms with Crippen LogP contribution in [0.3, 0.4) is 0 Å². The number of halogens is 1. The summed E-state index contributed by atoms with van der Waals surface area (Å²) in [5.41, 5.74) is -0.736. The molecule has 6 heteroatoms. The minimum Gasteiger partial charge on any atom is -0.480 e. The van der Waals surface area contributed by atoms with Gasteiger partial charge < -0.3 is 14.4 Å². The molecule has 1 N–H and O–H groups in total. The quantitative estimate of drug-likeness (QED) is 0.942. The largest absolute Gasteiger partial charge is 0.480 e. The zero-order valence-corrected chi connectivity index (χ0v) is 12.5. The Kier molecular flexibility index (Phi) is 4.03. The third-order valence-corrected chi connectivity index (χ3v) is 3.61. The molecule has 1 aromatic heterocycles. The molecule has 0 spiro atoms. The van der Waals surface area contributed by atoms with Crippen molar-refractivity contribution in [2.24, 2.45) is 0 Å². The van der Waals surface area contributed by atoms with Gasteiger partial charge in [-0.05, 0) is 50.2 Å². The molecule has 1 amide bonds. The molecule has 1 aromatic carbocycles. The van der Waals surface area contributed by atoms with Gasteiger partial charge in [-0.25, -0.2) is 9.18 Å². The molecule has 0 saturated carbocycles. The van der Waals surface area contributed by atoms with Crippen molar-refractivity contribution in [3.8, 4) is 11.3 Å². The average Bonchev–Trinajstić information content (AvgIpc) is 2.96. The first-order valence-electron chi connectivity index (χ1n) is 6.61. The first-order valence-corrected chi connectivity index (χ1v) is 6.61. The molecule has 0 saturated heterocycles. The lowest BCUT2D eigenvalue weighted by molar-refractivity contribution is -0.147. The average molecular weight is 305 g/mol. The lowest BCUT2D eigenvalue weighted by Crippen LogP contribution is -2.50. The first-order chi connectivity index (χ1) is 10.2. The summed E-state index contributed by atoms with van der Waals surface area (Å²) >= 11 is 0. The number of hydrogen-bond donors (Lipinski definition) is 1. The Labute approximate surface area is 127 Å². The summed E-state index contributed by atoms with van der Waals surface area (Å²) in [6, 6.07) is 8.70. The SMILES string of the molecule is CN(C(=O)c1ccc(-c2ccc(F)cc2)o1)C(C)(C)C(=O)O. The van der Waals surface area contributed by atoms with Crippen molar-refractivity contribution >= 4 is 11.9 Å². The Hall–Kier alpha value is -2.63. The molecule has 5 nitrogen and oxygen atoms in total. The maximum Gasteiger partial charge on any atom is 0.329 e. The monoisotopic (exact) mass is 305 g/mol. The van der Waals surface area contributed by atoms with Crippen LogP contribution in [0.25, 0.3) is 11.3 Å². The maximum absolute atomic E-state index is 12.9. The van der Waals surface area contributed by atoms with Crippen molar-refractivity contribution in [3.05, 3.63) is 48.0 Å². The van der Waals surface area contributed by atoms with Crippen LogP contribution in [0.5, 0.6) is 0 Å². The van der Waals surface area contributed by atoms with Gasteiger partial charge in [-0.2, -0.15) is 0 Å². The fraction of sp³-hybridized carbons (Fsp3) is 0.250. The number of amides is 1. The second-order valence-electron chi connectivity index (χ2n) is 5.40. The van der Waals surface area contributed by atoms with Gasteiger partial charge in [0.25, 0.3) is 5.91 Å². The molecule has 1 heterocycles. The van der Waals surface area contributed by atoms with E-state index in [0.29, 0.717) is 11.3 Å². The molecule has 0 fully saturated rings. The van der Waals surface area contributed by atoms with Crippen LogP contribution in [0.15, 0.2) is 40.8 Å². The summed E-state index contributed by atoms with van der Waals surface area (Å²) in [5, 5.41) is 9.16. The van der Waals surface area contributed by atoms with Crippen molar-refractivity contribution in [2.45, 2.75) is 19.4 Å². The molecular formula is C16H16FNO4. The molecule has 0 unspecified atom stereocenters. The number of carboxylic acid groups (broad SMARTS) is 1. The molecule has 0 aliphatic carbocycles. The Bertz CT molecular complexity index is 703. The number of hydrogen-bond acceptors (Lipinski definition) is 3. The molecule has 2 aromatic rings. The van der Waals surface area contributed by atoms with Gasteiger partial charge in [0, 0.05) is 12.6 Å². The minimum atomic E-state index is -1.36. The van der Waals surface area contributed by atoms with Crippen molar-refractivity contribution in [1.29, 1.82) is 0 Å². The zero-order valence-electron chi connectivity index (χ0n) is 12.5. The summed E-state index contributed by atoms with van der Waals surface area (Å²) < 4.78 is 18.4. The lowest BCUT2D eigenvalue weighted by atomic mass is 10.0. The highest BCUT2D eigenvalue weighted by atomic mass is 19.1. The molecular weight excluding hydrogens is 289 g/mol. The number of furan rings is 1. The van der Waals surface area contributed by atoms with Gasteiger partial charge in [0.1, 0.15) is 17.1 Å². The number of rotatable bonds is 4. The Balaban J connectivity index is 2.26. The van der Waals surface area contributed by atoms with E-state index in [-0.39, 0.29) is 11.6 Å². The van der Waals surface area contributed by atoms with Crippen LogP contribution in [0.4, 0.5) is 4.39 Å². The van der Waals surface area contributed by atoms with Crippen molar-refractivity contribution < 1.29 is 23.5 Å². The van der Waals surface area contributed by atoms with Gasteiger partial charge in [0.2, 0.25) is 0 Å². The van der Waals surface area contributed by atoms with Crippen molar-refractivity contribution in [3.63, 3.8) is 0 Å². The number of carbonyl (C=O) groups is 2. The lowest BCUT2D eigenvalue weighted by Gasteiger charge is -2.30. The standard InChI is InChI=1S/C16H16FNO4/c1-16(2,15(20)21)18(3)14(19)13-9-8-12(22-13)10-4-6-11(17)7-5-10/h4-9H,1-3H3,(H,20,21). The number of benzene rings is 1. The van der Waals surface area contributed by atoms with Gasteiger partial charge in [0.15, 0.2) is 5.76 Å². The highest BCUT2D eigenvalue weighted by Crippen LogP contribution is 2.24. The van der Waals surface area contributed by atoms with Crippen LogP contribution in [0, 0.1) is 5.82 Å². The fourth-order valence-electron chi connectivity index (χ4n) is 1.78. The van der Waals surface area contributed by atoms with Crippen LogP contribution in [0.1, 0.15) is 24.4 Å². The van der Waals surface area contributed by atoms with Crippen LogP contribution in [0.2, 0.25) is 0 Å². The summed E-state index contributed by atoms with van der Waals surface area (Å²) in [6.45, 7) is 2.86. The van der Waals surface area contributed by atoms with E-state index in [9.17, 15) is 14.0 Å². The molecule has 0 atom stereocenters. The first kappa shape index (κ1) is 15.8. The van der Waals surface area contributed by atoms with Crippen LogP contribution >= 0.6 is 0 Å². The van der Waals surface area contributed by atoms with Gasteiger partial charge >= 0.3 is 5.97 Å². The molecule has 2 rings (SSSR count). The predicted molar refractivity (Wildman–Crippen MR) is 77.9 cm³/mol. The minimum absolute atomic E-state index is 0.0242. The second kappa shape index (κ2) is 5.63. The summed E-state index contributed by atoms with van der Waals surface area (Å²) in [5.74, 6) is -1.59. The second-order valence-corrected chi connectivity index (χ2v) is 5.40. The summed E-state index contributed by atoms with van der Waals surface area (Å²) in [4.78, 5) is 24.6. The van der Waals surface area contributed by atoms with E-state index < -0.39 is 17.4 Å². The van der Waals surface area contributed by atoms with E-state index in [0.717, 1.165) is 4.90 Å². The highest BCUT2D eigenvalue weighted by molar-refractivity contribution is 5.95. The van der Waals surface area contributed by atoms with Gasteiger partial charge in [-0.15, -0.1) is 0 Å². The summed E-state index contributed by atoms with van der Waals surface area (Å²) in [6.07, 6.45) is 0. The van der Waals surface area contributed by atoms with E-state index in [1.807, 2.05) is 0 Å². The number of nitrogens with zero attached hydrogens (tertiary/aromatic N) is 1. The zero-order chi connectivity index (χ0) is 16.5. The molecule has 0 radical (unpaired) electrons. The number of carbonyl (C=O) groups excluding carboxylic acids is 1. The Morgan fingerprint density at radius 3 is 2.27 bits per heavy atom. The van der Waals surface area contributed by atoms with Crippen LogP contribution in [-0.2, 0) is 4.79 Å². The number of carboxylic acids is 1. The van der Waals surface area contributed by atoms with E-state index in [1.165, 1.54) is 51.2 Å². The third-order valence-electron chi connectivity index (χ3n) is 3.61. The molecule has 116 valence electrons. The van der Waals surface area contributed by atoms with Gasteiger partial charge in [-0.3, -0.25) is 4.79 Å².